The van der Waals surface area contributed by atoms with E-state index in [2.05, 4.69) is 26.8 Å². The summed E-state index contributed by atoms with van der Waals surface area (Å²) >= 11 is 2.97. The van der Waals surface area contributed by atoms with Crippen molar-refractivity contribution < 1.29 is 19.4 Å². The molecule has 0 spiro atoms. The van der Waals surface area contributed by atoms with Crippen LogP contribution in [0.4, 0.5) is 5.13 Å². The van der Waals surface area contributed by atoms with E-state index in [9.17, 15) is 14.7 Å². The predicted octanol–water partition coefficient (Wildman–Crippen LogP) is 6.46. The molecular formula is C31H40N2O4S2. The molecule has 2 aromatic carbocycles. The lowest BCUT2D eigenvalue weighted by atomic mass is 9.78. The lowest BCUT2D eigenvalue weighted by Crippen LogP contribution is -2.52. The number of aliphatic hydroxyl groups excluding tert-OH is 1. The number of fused-ring (bicyclic) bond motifs is 1. The molecule has 4 rings (SSSR count). The van der Waals surface area contributed by atoms with Gasteiger partial charge in [-0.1, -0.05) is 70.2 Å². The smallest absolute Gasteiger partial charge is 0.327 e. The van der Waals surface area contributed by atoms with E-state index in [-0.39, 0.29) is 30.1 Å². The molecule has 1 aliphatic heterocycles. The van der Waals surface area contributed by atoms with Crippen LogP contribution in [0.2, 0.25) is 0 Å². The number of Topliss-reactive ketones (excluding diaryl/α,β-unsaturated/α-hetero) is 1. The fourth-order valence-electron chi connectivity index (χ4n) is 5.29. The zero-order valence-electron chi connectivity index (χ0n) is 24.3. The molecule has 0 amide bonds. The highest BCUT2D eigenvalue weighted by atomic mass is 32.2. The number of ether oxygens (including phenoxy) is 1. The highest BCUT2D eigenvalue weighted by Crippen LogP contribution is 2.46. The number of hydrogen-bond acceptors (Lipinski definition) is 8. The van der Waals surface area contributed by atoms with Crippen molar-refractivity contribution in [1.82, 2.24) is 4.98 Å². The molecule has 1 aromatic heterocycles. The SMILES string of the molecule is Cc1cc(SC2C(=O)CC(CCc3ccccc3CO)(C(C)C)OC2=O)c(C(C)(C)C)c2sc(N(C)C)nc12. The Balaban J connectivity index is 1.65. The lowest BCUT2D eigenvalue weighted by Gasteiger charge is -2.42. The molecule has 0 aliphatic carbocycles. The maximum Gasteiger partial charge on any atom is 0.327 e. The van der Waals surface area contributed by atoms with Crippen molar-refractivity contribution in [3.63, 3.8) is 0 Å². The largest absolute Gasteiger partial charge is 0.457 e. The number of carbonyl (C=O) groups excluding carboxylic acids is 2. The standard InChI is InChI=1S/C31H40N2O4S2/c1-18(2)31(14-13-20-11-9-10-12-21(20)17-34)16-22(35)26(28(36)37-31)38-23-15-19(3)25-27(24(23)30(4,5)6)39-29(32-25)33(7)8/h9-12,15,18,26,34H,13-14,16-17H2,1-8H3. The number of nitrogens with zero attached hydrogens (tertiary/aromatic N) is 2. The summed E-state index contributed by atoms with van der Waals surface area (Å²) in [5, 5.41) is 9.76. The van der Waals surface area contributed by atoms with Gasteiger partial charge in [0.05, 0.1) is 16.8 Å². The third kappa shape index (κ3) is 5.88. The van der Waals surface area contributed by atoms with E-state index in [0.29, 0.717) is 12.8 Å². The molecule has 2 atom stereocenters. The van der Waals surface area contributed by atoms with Crippen molar-refractivity contribution in [2.75, 3.05) is 19.0 Å². The van der Waals surface area contributed by atoms with Gasteiger partial charge in [0.25, 0.3) is 0 Å². The second-order valence-electron chi connectivity index (χ2n) is 12.1. The lowest BCUT2D eigenvalue weighted by molar-refractivity contribution is -0.176. The number of aliphatic hydroxyl groups is 1. The summed E-state index contributed by atoms with van der Waals surface area (Å²) in [6, 6.07) is 9.80. The third-order valence-electron chi connectivity index (χ3n) is 7.63. The minimum absolute atomic E-state index is 0.0250. The fraction of sp³-hybridized carbons (Fsp3) is 0.516. The van der Waals surface area contributed by atoms with E-state index >= 15 is 0 Å². The molecule has 0 bridgehead atoms. The zero-order chi connectivity index (χ0) is 28.7. The van der Waals surface area contributed by atoms with Crippen molar-refractivity contribution in [3.05, 3.63) is 52.6 Å². The summed E-state index contributed by atoms with van der Waals surface area (Å²) in [6.45, 7) is 12.5. The van der Waals surface area contributed by atoms with Crippen LogP contribution in [0.25, 0.3) is 10.2 Å². The van der Waals surface area contributed by atoms with Crippen molar-refractivity contribution in [2.24, 2.45) is 5.92 Å². The Kier molecular flexibility index (Phi) is 8.50. The number of esters is 1. The van der Waals surface area contributed by atoms with Crippen LogP contribution in [-0.2, 0) is 32.8 Å². The van der Waals surface area contributed by atoms with E-state index in [1.165, 1.54) is 11.8 Å². The van der Waals surface area contributed by atoms with Crippen LogP contribution in [0.1, 0.15) is 69.7 Å². The quantitative estimate of drug-likeness (QED) is 0.247. The summed E-state index contributed by atoms with van der Waals surface area (Å²) in [5.74, 6) is -0.574. The minimum atomic E-state index is -0.902. The minimum Gasteiger partial charge on any atom is -0.457 e. The highest BCUT2D eigenvalue weighted by molar-refractivity contribution is 8.01. The molecule has 1 fully saturated rings. The molecule has 3 aromatic rings. The molecule has 1 saturated heterocycles. The zero-order valence-corrected chi connectivity index (χ0v) is 25.9. The van der Waals surface area contributed by atoms with Crippen molar-refractivity contribution >= 4 is 50.2 Å². The van der Waals surface area contributed by atoms with Gasteiger partial charge in [0, 0.05) is 25.4 Å². The molecular weight excluding hydrogens is 528 g/mol. The summed E-state index contributed by atoms with van der Waals surface area (Å²) in [7, 11) is 3.97. The molecule has 1 aliphatic rings. The van der Waals surface area contributed by atoms with Crippen LogP contribution in [0.5, 0.6) is 0 Å². The average Bonchev–Trinajstić information content (AvgIpc) is 3.30. The molecule has 0 radical (unpaired) electrons. The Bertz CT molecular complexity index is 1370. The maximum atomic E-state index is 13.7. The fourth-order valence-corrected chi connectivity index (χ4v) is 8.06. The summed E-state index contributed by atoms with van der Waals surface area (Å²) < 4.78 is 7.31. The van der Waals surface area contributed by atoms with Crippen LogP contribution >= 0.6 is 23.1 Å². The van der Waals surface area contributed by atoms with Crippen LogP contribution in [0, 0.1) is 12.8 Å². The molecule has 6 nitrogen and oxygen atoms in total. The number of benzene rings is 2. The normalized spacial score (nSPS) is 20.1. The second-order valence-corrected chi connectivity index (χ2v) is 14.2. The topological polar surface area (TPSA) is 79.7 Å². The Morgan fingerprint density at radius 2 is 1.87 bits per heavy atom. The Morgan fingerprint density at radius 1 is 1.21 bits per heavy atom. The van der Waals surface area contributed by atoms with Crippen molar-refractivity contribution in [1.29, 1.82) is 0 Å². The van der Waals surface area contributed by atoms with E-state index in [0.717, 1.165) is 42.5 Å². The van der Waals surface area contributed by atoms with Gasteiger partial charge in [0.2, 0.25) is 0 Å². The number of carbonyl (C=O) groups is 2. The van der Waals surface area contributed by atoms with Crippen LogP contribution in [0.15, 0.2) is 35.2 Å². The molecule has 0 saturated carbocycles. The van der Waals surface area contributed by atoms with Crippen molar-refractivity contribution in [2.45, 2.75) is 88.6 Å². The molecule has 39 heavy (non-hydrogen) atoms. The van der Waals surface area contributed by atoms with E-state index < -0.39 is 16.8 Å². The van der Waals surface area contributed by atoms with Crippen LogP contribution in [-0.4, -0.2) is 46.8 Å². The number of aryl methyl sites for hydroxylation is 2. The first-order valence-electron chi connectivity index (χ1n) is 13.5. The highest BCUT2D eigenvalue weighted by Gasteiger charge is 2.49. The van der Waals surface area contributed by atoms with Crippen LogP contribution in [0.3, 0.4) is 0 Å². The third-order valence-corrected chi connectivity index (χ3v) is 10.1. The first kappa shape index (κ1) is 29.6. The van der Waals surface area contributed by atoms with E-state index in [4.69, 9.17) is 9.72 Å². The molecule has 8 heteroatoms. The van der Waals surface area contributed by atoms with E-state index in [1.807, 2.05) is 64.0 Å². The summed E-state index contributed by atoms with van der Waals surface area (Å²) in [5.41, 5.74) is 3.91. The second kappa shape index (κ2) is 11.2. The first-order valence-corrected chi connectivity index (χ1v) is 15.2. The number of hydrogen-bond donors (Lipinski definition) is 1. The number of aromatic nitrogens is 1. The van der Waals surface area contributed by atoms with Gasteiger partial charge in [-0.15, -0.1) is 11.8 Å². The number of ketones is 1. The molecule has 2 unspecified atom stereocenters. The number of anilines is 1. The average molecular weight is 569 g/mol. The van der Waals surface area contributed by atoms with Gasteiger partial charge in [0.1, 0.15) is 5.60 Å². The van der Waals surface area contributed by atoms with Gasteiger partial charge in [-0.3, -0.25) is 9.59 Å². The first-order chi connectivity index (χ1) is 18.3. The molecule has 2 heterocycles. The number of rotatable bonds is 8. The Morgan fingerprint density at radius 3 is 2.44 bits per heavy atom. The maximum absolute atomic E-state index is 13.7. The van der Waals surface area contributed by atoms with Gasteiger partial charge in [-0.25, -0.2) is 4.98 Å². The van der Waals surface area contributed by atoms with Gasteiger partial charge >= 0.3 is 5.97 Å². The van der Waals surface area contributed by atoms with Gasteiger partial charge in [-0.05, 0) is 59.4 Å². The summed E-state index contributed by atoms with van der Waals surface area (Å²) in [6.07, 6.45) is 1.34. The Hall–Kier alpha value is -2.42. The van der Waals surface area contributed by atoms with Gasteiger partial charge < -0.3 is 14.7 Å². The van der Waals surface area contributed by atoms with Crippen LogP contribution < -0.4 is 4.90 Å². The predicted molar refractivity (Wildman–Crippen MR) is 161 cm³/mol. The van der Waals surface area contributed by atoms with E-state index in [1.54, 1.807) is 11.3 Å². The number of thioether (sulfide) groups is 1. The number of cyclic esters (lactones) is 1. The Labute approximate surface area is 240 Å². The van der Waals surface area contributed by atoms with Gasteiger partial charge in [-0.2, -0.15) is 0 Å². The van der Waals surface area contributed by atoms with Gasteiger partial charge in [0.15, 0.2) is 16.2 Å². The van der Waals surface area contributed by atoms with Crippen molar-refractivity contribution in [3.8, 4) is 0 Å². The summed E-state index contributed by atoms with van der Waals surface area (Å²) in [4.78, 5) is 35.0. The monoisotopic (exact) mass is 568 g/mol. The number of thiazole rings is 1. The molecule has 1 N–H and O–H groups in total. The molecule has 210 valence electrons.